The Labute approximate surface area is 120 Å². The summed E-state index contributed by atoms with van der Waals surface area (Å²) in [5, 5.41) is 9.27. The lowest BCUT2D eigenvalue weighted by Gasteiger charge is -2.46. The summed E-state index contributed by atoms with van der Waals surface area (Å²) in [7, 11) is 2.23. The molecule has 0 aromatic carbocycles. The van der Waals surface area contributed by atoms with Crippen LogP contribution in [0.25, 0.3) is 0 Å². The summed E-state index contributed by atoms with van der Waals surface area (Å²) >= 11 is 0. The van der Waals surface area contributed by atoms with Gasteiger partial charge in [0.15, 0.2) is 0 Å². The molecule has 106 valence electrons. The SMILES string of the molecule is CN1CCCC2CN(c3ncc(N)cc3C#N)CCC21. The van der Waals surface area contributed by atoms with Gasteiger partial charge in [-0.25, -0.2) is 4.98 Å². The molecule has 20 heavy (non-hydrogen) atoms. The van der Waals surface area contributed by atoms with E-state index >= 15 is 0 Å². The fourth-order valence-corrected chi connectivity index (χ4v) is 3.65. The lowest BCUT2D eigenvalue weighted by Crippen LogP contribution is -2.53. The first-order valence-electron chi connectivity index (χ1n) is 7.30. The van der Waals surface area contributed by atoms with Crippen molar-refractivity contribution < 1.29 is 0 Å². The van der Waals surface area contributed by atoms with Crippen LogP contribution in [0, 0.1) is 17.2 Å². The van der Waals surface area contributed by atoms with Gasteiger partial charge < -0.3 is 15.5 Å². The van der Waals surface area contributed by atoms with E-state index in [1.54, 1.807) is 12.3 Å². The summed E-state index contributed by atoms with van der Waals surface area (Å²) in [5.74, 6) is 1.49. The van der Waals surface area contributed by atoms with Gasteiger partial charge in [-0.3, -0.25) is 0 Å². The van der Waals surface area contributed by atoms with Crippen molar-refractivity contribution in [2.75, 3.05) is 37.3 Å². The van der Waals surface area contributed by atoms with Crippen LogP contribution >= 0.6 is 0 Å². The molecule has 2 aliphatic rings. The number of likely N-dealkylation sites (tertiary alicyclic amines) is 1. The number of nitrogen functional groups attached to an aromatic ring is 1. The van der Waals surface area contributed by atoms with Crippen molar-refractivity contribution in [2.24, 2.45) is 5.92 Å². The maximum atomic E-state index is 9.27. The Bertz CT molecular complexity index is 536. The summed E-state index contributed by atoms with van der Waals surface area (Å²) in [6, 6.07) is 4.64. The molecule has 0 bridgehead atoms. The van der Waals surface area contributed by atoms with Crippen molar-refractivity contribution in [2.45, 2.75) is 25.3 Å². The van der Waals surface area contributed by atoms with Gasteiger partial charge in [0.05, 0.1) is 17.4 Å². The third-order valence-electron chi connectivity index (χ3n) is 4.65. The number of aromatic nitrogens is 1. The first-order valence-corrected chi connectivity index (χ1v) is 7.30. The zero-order chi connectivity index (χ0) is 14.1. The van der Waals surface area contributed by atoms with Crippen molar-refractivity contribution in [3.8, 4) is 6.07 Å². The fraction of sp³-hybridized carbons (Fsp3) is 0.600. The molecule has 0 amide bonds. The van der Waals surface area contributed by atoms with Gasteiger partial charge in [0, 0.05) is 19.1 Å². The predicted octanol–water partition coefficient (Wildman–Crippen LogP) is 1.46. The third kappa shape index (κ3) is 2.32. The third-order valence-corrected chi connectivity index (χ3v) is 4.65. The highest BCUT2D eigenvalue weighted by molar-refractivity contribution is 5.59. The molecule has 1 aromatic rings. The number of rotatable bonds is 1. The monoisotopic (exact) mass is 271 g/mol. The molecule has 0 spiro atoms. The minimum absolute atomic E-state index is 0.553. The average Bonchev–Trinajstić information content (AvgIpc) is 2.47. The maximum absolute atomic E-state index is 9.27. The Balaban J connectivity index is 1.81. The number of fused-ring (bicyclic) bond motifs is 1. The molecule has 0 radical (unpaired) electrons. The molecule has 0 aliphatic carbocycles. The first-order chi connectivity index (χ1) is 9.69. The lowest BCUT2D eigenvalue weighted by molar-refractivity contribution is 0.102. The molecular formula is C15H21N5. The zero-order valence-corrected chi connectivity index (χ0v) is 11.9. The highest BCUT2D eigenvalue weighted by Crippen LogP contribution is 2.32. The molecule has 5 heteroatoms. The van der Waals surface area contributed by atoms with Crippen molar-refractivity contribution in [3.05, 3.63) is 17.8 Å². The zero-order valence-electron chi connectivity index (χ0n) is 11.9. The maximum Gasteiger partial charge on any atom is 0.146 e. The molecule has 2 saturated heterocycles. The van der Waals surface area contributed by atoms with Crippen molar-refractivity contribution in [1.82, 2.24) is 9.88 Å². The molecule has 3 heterocycles. The molecule has 2 unspecified atom stereocenters. The van der Waals surface area contributed by atoms with Gasteiger partial charge in [-0.1, -0.05) is 0 Å². The number of anilines is 2. The van der Waals surface area contributed by atoms with Crippen LogP contribution in [-0.4, -0.2) is 42.6 Å². The summed E-state index contributed by atoms with van der Waals surface area (Å²) < 4.78 is 0. The topological polar surface area (TPSA) is 69.2 Å². The van der Waals surface area contributed by atoms with Gasteiger partial charge >= 0.3 is 0 Å². The van der Waals surface area contributed by atoms with Gasteiger partial charge in [-0.2, -0.15) is 5.26 Å². The van der Waals surface area contributed by atoms with Crippen LogP contribution in [0.5, 0.6) is 0 Å². The van der Waals surface area contributed by atoms with Crippen molar-refractivity contribution in [3.63, 3.8) is 0 Å². The van der Waals surface area contributed by atoms with E-state index in [4.69, 9.17) is 5.73 Å². The number of piperidine rings is 2. The predicted molar refractivity (Wildman–Crippen MR) is 79.3 cm³/mol. The molecule has 2 atom stereocenters. The first kappa shape index (κ1) is 13.2. The van der Waals surface area contributed by atoms with Crippen LogP contribution in [0.3, 0.4) is 0 Å². The molecule has 1 aromatic heterocycles. The van der Waals surface area contributed by atoms with Crippen LogP contribution < -0.4 is 10.6 Å². The number of hydrogen-bond acceptors (Lipinski definition) is 5. The Morgan fingerprint density at radius 2 is 2.25 bits per heavy atom. The molecule has 2 N–H and O–H groups in total. The number of nitrogens with two attached hydrogens (primary N) is 1. The van der Waals surface area contributed by atoms with Crippen LogP contribution in [0.4, 0.5) is 11.5 Å². The minimum Gasteiger partial charge on any atom is -0.397 e. The standard InChI is InChI=1S/C15H21N5/c1-19-5-2-3-11-10-20(6-4-14(11)19)15-12(8-16)7-13(17)9-18-15/h7,9,11,14H,2-6,10,17H2,1H3. The molecule has 2 fully saturated rings. The summed E-state index contributed by atoms with van der Waals surface area (Å²) in [5.41, 5.74) is 6.86. The molecule has 3 rings (SSSR count). The van der Waals surface area contributed by atoms with Crippen LogP contribution in [-0.2, 0) is 0 Å². The van der Waals surface area contributed by atoms with E-state index in [9.17, 15) is 5.26 Å². The second kappa shape index (κ2) is 5.29. The second-order valence-electron chi connectivity index (χ2n) is 5.94. The van der Waals surface area contributed by atoms with E-state index in [1.807, 2.05) is 0 Å². The van der Waals surface area contributed by atoms with E-state index in [-0.39, 0.29) is 0 Å². The lowest BCUT2D eigenvalue weighted by atomic mass is 9.84. The van der Waals surface area contributed by atoms with Gasteiger partial charge in [-0.05, 0) is 44.8 Å². The summed E-state index contributed by atoms with van der Waals surface area (Å²) in [4.78, 5) is 9.15. The molecule has 2 aliphatic heterocycles. The van der Waals surface area contributed by atoms with E-state index in [1.165, 1.54) is 19.4 Å². The Morgan fingerprint density at radius 1 is 1.40 bits per heavy atom. The average molecular weight is 271 g/mol. The molecular weight excluding hydrogens is 250 g/mol. The number of pyridine rings is 1. The summed E-state index contributed by atoms with van der Waals surface area (Å²) in [6.07, 6.45) is 5.35. The number of hydrogen-bond donors (Lipinski definition) is 1. The Morgan fingerprint density at radius 3 is 3.05 bits per heavy atom. The van der Waals surface area contributed by atoms with Crippen LogP contribution in [0.2, 0.25) is 0 Å². The van der Waals surface area contributed by atoms with Gasteiger partial charge in [0.1, 0.15) is 11.9 Å². The number of nitriles is 1. The van der Waals surface area contributed by atoms with Crippen LogP contribution in [0.15, 0.2) is 12.3 Å². The highest BCUT2D eigenvalue weighted by atomic mass is 15.2. The van der Waals surface area contributed by atoms with E-state index in [0.717, 1.165) is 25.3 Å². The largest absolute Gasteiger partial charge is 0.397 e. The van der Waals surface area contributed by atoms with Crippen molar-refractivity contribution >= 4 is 11.5 Å². The normalized spacial score (nSPS) is 26.9. The summed E-state index contributed by atoms with van der Waals surface area (Å²) in [6.45, 7) is 3.18. The molecule has 0 saturated carbocycles. The van der Waals surface area contributed by atoms with E-state index in [2.05, 4.69) is 27.9 Å². The van der Waals surface area contributed by atoms with Crippen LogP contribution in [0.1, 0.15) is 24.8 Å². The van der Waals surface area contributed by atoms with E-state index in [0.29, 0.717) is 23.2 Å². The van der Waals surface area contributed by atoms with Gasteiger partial charge in [0.2, 0.25) is 0 Å². The fourth-order valence-electron chi connectivity index (χ4n) is 3.65. The smallest absolute Gasteiger partial charge is 0.146 e. The molecule has 5 nitrogen and oxygen atoms in total. The Hall–Kier alpha value is -1.80. The minimum atomic E-state index is 0.553. The van der Waals surface area contributed by atoms with Gasteiger partial charge in [-0.15, -0.1) is 0 Å². The highest BCUT2D eigenvalue weighted by Gasteiger charge is 2.35. The quantitative estimate of drug-likeness (QED) is 0.837. The van der Waals surface area contributed by atoms with Gasteiger partial charge in [0.25, 0.3) is 0 Å². The van der Waals surface area contributed by atoms with Crippen molar-refractivity contribution in [1.29, 1.82) is 5.26 Å². The Kier molecular flexibility index (Phi) is 3.49. The second-order valence-corrected chi connectivity index (χ2v) is 5.94. The number of nitrogens with zero attached hydrogens (tertiary/aromatic N) is 4. The van der Waals surface area contributed by atoms with E-state index < -0.39 is 0 Å².